The van der Waals surface area contributed by atoms with Crippen LogP contribution in [0.5, 0.6) is 0 Å². The van der Waals surface area contributed by atoms with Crippen LogP contribution in [-0.4, -0.2) is 13.1 Å². The van der Waals surface area contributed by atoms with Crippen LogP contribution in [0, 0.1) is 11.3 Å². The van der Waals surface area contributed by atoms with Gasteiger partial charge in [-0.05, 0) is 41.9 Å². The van der Waals surface area contributed by atoms with Crippen molar-refractivity contribution in [2.24, 2.45) is 0 Å². The third-order valence-corrected chi connectivity index (χ3v) is 2.87. The van der Waals surface area contributed by atoms with E-state index in [9.17, 15) is 0 Å². The van der Waals surface area contributed by atoms with Gasteiger partial charge < -0.3 is 4.90 Å². The van der Waals surface area contributed by atoms with Crippen LogP contribution >= 0.6 is 15.9 Å². The summed E-state index contributed by atoms with van der Waals surface area (Å²) in [4.78, 5) is 2.17. The molecule has 1 aromatic rings. The Balaban J connectivity index is 3.20. The molecule has 0 heterocycles. The van der Waals surface area contributed by atoms with Crippen molar-refractivity contribution >= 4 is 21.6 Å². The topological polar surface area (TPSA) is 27.0 Å². The molecule has 0 saturated heterocycles. The molecule has 0 bridgehead atoms. The summed E-state index contributed by atoms with van der Waals surface area (Å²) in [5.41, 5.74) is 1.73. The Bertz CT molecular complexity index is 351. The van der Waals surface area contributed by atoms with Crippen molar-refractivity contribution in [3.63, 3.8) is 0 Å². The zero-order valence-electron chi connectivity index (χ0n) is 8.42. The molecular weight excluding hydrogens is 240 g/mol. The van der Waals surface area contributed by atoms with Gasteiger partial charge in [0.05, 0.1) is 11.3 Å². The Morgan fingerprint density at radius 2 is 2.00 bits per heavy atom. The molecule has 0 spiro atoms. The minimum absolute atomic E-state index is 0.719. The van der Waals surface area contributed by atoms with E-state index < -0.39 is 0 Å². The van der Waals surface area contributed by atoms with E-state index >= 15 is 0 Å². The van der Waals surface area contributed by atoms with E-state index in [0.717, 1.165) is 28.8 Å². The van der Waals surface area contributed by atoms with Gasteiger partial charge >= 0.3 is 0 Å². The van der Waals surface area contributed by atoms with E-state index in [0.29, 0.717) is 0 Å². The highest BCUT2D eigenvalue weighted by molar-refractivity contribution is 9.10. The van der Waals surface area contributed by atoms with Crippen molar-refractivity contribution in [1.29, 1.82) is 5.26 Å². The molecule has 1 aromatic carbocycles. The smallest absolute Gasteiger partial charge is 0.103 e. The molecule has 0 aliphatic heterocycles. The van der Waals surface area contributed by atoms with Gasteiger partial charge in [-0.15, -0.1) is 0 Å². The lowest BCUT2D eigenvalue weighted by molar-refractivity contribution is 0.864. The van der Waals surface area contributed by atoms with Gasteiger partial charge in [-0.25, -0.2) is 0 Å². The first-order chi connectivity index (χ1) is 6.74. The number of nitrogens with zero attached hydrogens (tertiary/aromatic N) is 2. The molecule has 2 nitrogen and oxygen atoms in total. The third-order valence-electron chi connectivity index (χ3n) is 2.21. The quantitative estimate of drug-likeness (QED) is 0.827. The van der Waals surface area contributed by atoms with Crippen molar-refractivity contribution in [3.05, 3.63) is 28.2 Å². The van der Waals surface area contributed by atoms with Gasteiger partial charge in [0.25, 0.3) is 0 Å². The molecular formula is C11H13BrN2. The molecule has 0 aromatic heterocycles. The molecule has 0 radical (unpaired) electrons. The van der Waals surface area contributed by atoms with E-state index in [1.807, 2.05) is 18.2 Å². The average molecular weight is 253 g/mol. The predicted octanol–water partition coefficient (Wildman–Crippen LogP) is 3.17. The normalized spacial score (nSPS) is 9.57. The highest BCUT2D eigenvalue weighted by Crippen LogP contribution is 2.26. The Kier molecular flexibility index (Phi) is 3.97. The second-order valence-corrected chi connectivity index (χ2v) is 3.77. The fraction of sp³-hybridized carbons (Fsp3) is 0.364. The molecule has 0 aliphatic carbocycles. The minimum atomic E-state index is 0.719. The van der Waals surface area contributed by atoms with E-state index in [4.69, 9.17) is 5.26 Å². The van der Waals surface area contributed by atoms with E-state index in [1.165, 1.54) is 0 Å². The molecule has 14 heavy (non-hydrogen) atoms. The Labute approximate surface area is 93.3 Å². The molecule has 0 amide bonds. The number of anilines is 1. The number of benzene rings is 1. The molecule has 1 rings (SSSR count). The van der Waals surface area contributed by atoms with Gasteiger partial charge in [-0.3, -0.25) is 0 Å². The first-order valence-corrected chi connectivity index (χ1v) is 5.47. The predicted molar refractivity (Wildman–Crippen MR) is 62.4 cm³/mol. The lowest BCUT2D eigenvalue weighted by Crippen LogP contribution is -2.22. The largest absolute Gasteiger partial charge is 0.371 e. The van der Waals surface area contributed by atoms with Crippen LogP contribution in [-0.2, 0) is 0 Å². The molecule has 0 atom stereocenters. The molecule has 0 aliphatic rings. The molecule has 0 saturated carbocycles. The second-order valence-electron chi connectivity index (χ2n) is 2.92. The summed E-state index contributed by atoms with van der Waals surface area (Å²) in [6.07, 6.45) is 0. The van der Waals surface area contributed by atoms with Gasteiger partial charge in [0.15, 0.2) is 0 Å². The Morgan fingerprint density at radius 3 is 2.50 bits per heavy atom. The van der Waals surface area contributed by atoms with Gasteiger partial charge in [0, 0.05) is 17.6 Å². The van der Waals surface area contributed by atoms with Gasteiger partial charge in [0.2, 0.25) is 0 Å². The first-order valence-electron chi connectivity index (χ1n) is 4.68. The van der Waals surface area contributed by atoms with Crippen molar-refractivity contribution in [2.45, 2.75) is 13.8 Å². The van der Waals surface area contributed by atoms with Crippen LogP contribution in [0.2, 0.25) is 0 Å². The van der Waals surface area contributed by atoms with Crippen LogP contribution in [0.1, 0.15) is 19.4 Å². The fourth-order valence-corrected chi connectivity index (χ4v) is 1.90. The minimum Gasteiger partial charge on any atom is -0.371 e. The first kappa shape index (κ1) is 11.1. The Hall–Kier alpha value is -1.01. The summed E-state index contributed by atoms with van der Waals surface area (Å²) in [6, 6.07) is 8.06. The summed E-state index contributed by atoms with van der Waals surface area (Å²) in [5, 5.41) is 9.03. The van der Waals surface area contributed by atoms with Crippen LogP contribution in [0.4, 0.5) is 5.69 Å². The highest BCUT2D eigenvalue weighted by Gasteiger charge is 2.09. The summed E-state index contributed by atoms with van der Waals surface area (Å²) in [5.74, 6) is 0. The second kappa shape index (κ2) is 5.02. The third kappa shape index (κ3) is 2.08. The number of nitriles is 1. The zero-order valence-corrected chi connectivity index (χ0v) is 10.0. The molecule has 74 valence electrons. The lowest BCUT2D eigenvalue weighted by Gasteiger charge is -2.22. The van der Waals surface area contributed by atoms with E-state index in [2.05, 4.69) is 40.7 Å². The summed E-state index contributed by atoms with van der Waals surface area (Å²) in [6.45, 7) is 6.01. The number of rotatable bonds is 3. The van der Waals surface area contributed by atoms with E-state index in [1.54, 1.807) is 0 Å². The average Bonchev–Trinajstić information content (AvgIpc) is 2.20. The van der Waals surface area contributed by atoms with E-state index in [-0.39, 0.29) is 0 Å². The van der Waals surface area contributed by atoms with Gasteiger partial charge in [-0.1, -0.05) is 6.07 Å². The summed E-state index contributed by atoms with van der Waals surface area (Å²) < 4.78 is 0.865. The van der Waals surface area contributed by atoms with Crippen LogP contribution in [0.15, 0.2) is 22.7 Å². The maximum absolute atomic E-state index is 9.03. The van der Waals surface area contributed by atoms with Gasteiger partial charge in [0.1, 0.15) is 6.07 Å². The monoisotopic (exact) mass is 252 g/mol. The summed E-state index contributed by atoms with van der Waals surface area (Å²) >= 11 is 3.38. The summed E-state index contributed by atoms with van der Waals surface area (Å²) in [7, 11) is 0. The van der Waals surface area contributed by atoms with Crippen LogP contribution in [0.3, 0.4) is 0 Å². The van der Waals surface area contributed by atoms with Crippen LogP contribution in [0.25, 0.3) is 0 Å². The molecule has 0 fully saturated rings. The van der Waals surface area contributed by atoms with Crippen molar-refractivity contribution < 1.29 is 0 Å². The number of hydrogen-bond donors (Lipinski definition) is 0. The SMILES string of the molecule is CCN(CC)c1cccc(Br)c1C#N. The number of halogens is 1. The maximum atomic E-state index is 9.03. The van der Waals surface area contributed by atoms with Crippen LogP contribution < -0.4 is 4.90 Å². The maximum Gasteiger partial charge on any atom is 0.103 e. The standard InChI is InChI=1S/C11H13BrN2/c1-3-14(4-2)11-7-5-6-10(12)9(11)8-13/h5-7H,3-4H2,1-2H3. The fourth-order valence-electron chi connectivity index (χ4n) is 1.45. The van der Waals surface area contributed by atoms with Crippen molar-refractivity contribution in [2.75, 3.05) is 18.0 Å². The highest BCUT2D eigenvalue weighted by atomic mass is 79.9. The lowest BCUT2D eigenvalue weighted by atomic mass is 10.2. The van der Waals surface area contributed by atoms with Crippen molar-refractivity contribution in [1.82, 2.24) is 0 Å². The Morgan fingerprint density at radius 1 is 1.36 bits per heavy atom. The van der Waals surface area contributed by atoms with Gasteiger partial charge in [-0.2, -0.15) is 5.26 Å². The number of hydrogen-bond acceptors (Lipinski definition) is 2. The zero-order chi connectivity index (χ0) is 10.6. The molecule has 0 N–H and O–H groups in total. The molecule has 0 unspecified atom stereocenters. The molecule has 3 heteroatoms. The van der Waals surface area contributed by atoms with Crippen molar-refractivity contribution in [3.8, 4) is 6.07 Å².